The van der Waals surface area contributed by atoms with Crippen LogP contribution in [-0.4, -0.2) is 77.6 Å². The van der Waals surface area contributed by atoms with E-state index in [1.807, 2.05) is 9.80 Å². The van der Waals surface area contributed by atoms with Crippen molar-refractivity contribution < 1.29 is 14.3 Å². The lowest BCUT2D eigenvalue weighted by Gasteiger charge is -2.37. The van der Waals surface area contributed by atoms with Crippen LogP contribution in [0.2, 0.25) is 0 Å². The highest BCUT2D eigenvalue weighted by atomic mass is 16.6. The van der Waals surface area contributed by atoms with E-state index in [1.54, 1.807) is 0 Å². The fraction of sp³-hybridized carbons (Fsp3) is 0.900. The zero-order chi connectivity index (χ0) is 18.6. The molecule has 0 aromatic heterocycles. The summed E-state index contributed by atoms with van der Waals surface area (Å²) in [4.78, 5) is 31.1. The zero-order valence-corrected chi connectivity index (χ0v) is 16.5. The second-order valence-electron chi connectivity index (χ2n) is 8.35. The lowest BCUT2D eigenvalue weighted by Crippen LogP contribution is -2.49. The Bertz CT molecular complexity index is 497. The second-order valence-corrected chi connectivity index (χ2v) is 8.35. The molecule has 3 fully saturated rings. The van der Waals surface area contributed by atoms with E-state index >= 15 is 0 Å². The van der Waals surface area contributed by atoms with Crippen molar-refractivity contribution in [1.82, 2.24) is 14.7 Å². The maximum Gasteiger partial charge on any atom is 0.410 e. The number of likely N-dealkylation sites (tertiary alicyclic amines) is 2. The standard InChI is InChI=1S/C20H35N3O3/c1-3-7-17(2)23-16-20(26-19(23)25)9-14-22(15-10-20)18(24)8-6-13-21-11-4-5-12-21/h17H,3-16H2,1-2H3/t17-/m0/s1. The van der Waals surface area contributed by atoms with Gasteiger partial charge in [-0.3, -0.25) is 4.79 Å². The van der Waals surface area contributed by atoms with Crippen LogP contribution < -0.4 is 0 Å². The number of carbonyl (C=O) groups excluding carboxylic acids is 2. The van der Waals surface area contributed by atoms with Crippen LogP contribution in [0.5, 0.6) is 0 Å². The normalized spacial score (nSPS) is 24.3. The Balaban J connectivity index is 1.42. The highest BCUT2D eigenvalue weighted by Crippen LogP contribution is 2.35. The summed E-state index contributed by atoms with van der Waals surface area (Å²) in [6.07, 6.45) is 7.64. The van der Waals surface area contributed by atoms with Gasteiger partial charge in [0.2, 0.25) is 5.91 Å². The van der Waals surface area contributed by atoms with Gasteiger partial charge in [-0.15, -0.1) is 0 Å². The Morgan fingerprint density at radius 2 is 1.88 bits per heavy atom. The minimum atomic E-state index is -0.370. The molecule has 0 aliphatic carbocycles. The molecule has 6 heteroatoms. The molecule has 3 rings (SSSR count). The quantitative estimate of drug-likeness (QED) is 0.696. The molecule has 1 spiro atoms. The molecule has 3 aliphatic heterocycles. The Kier molecular flexibility index (Phi) is 6.43. The smallest absolute Gasteiger partial charge is 0.410 e. The predicted molar refractivity (Wildman–Crippen MR) is 101 cm³/mol. The van der Waals surface area contributed by atoms with Crippen LogP contribution in [0.15, 0.2) is 0 Å². The van der Waals surface area contributed by atoms with E-state index in [0.717, 1.165) is 38.6 Å². The van der Waals surface area contributed by atoms with Crippen molar-refractivity contribution in [3.63, 3.8) is 0 Å². The number of carbonyl (C=O) groups is 2. The van der Waals surface area contributed by atoms with Gasteiger partial charge in [0, 0.05) is 38.4 Å². The van der Waals surface area contributed by atoms with Crippen molar-refractivity contribution in [3.8, 4) is 0 Å². The molecule has 0 aromatic carbocycles. The number of rotatable bonds is 7. The summed E-state index contributed by atoms with van der Waals surface area (Å²) in [5.41, 5.74) is -0.370. The van der Waals surface area contributed by atoms with E-state index in [0.29, 0.717) is 26.1 Å². The van der Waals surface area contributed by atoms with Gasteiger partial charge < -0.3 is 19.4 Å². The first-order valence-corrected chi connectivity index (χ1v) is 10.5. The van der Waals surface area contributed by atoms with Crippen molar-refractivity contribution in [2.75, 3.05) is 39.3 Å². The van der Waals surface area contributed by atoms with Gasteiger partial charge in [-0.1, -0.05) is 13.3 Å². The van der Waals surface area contributed by atoms with Crippen molar-refractivity contribution in [2.24, 2.45) is 0 Å². The van der Waals surface area contributed by atoms with E-state index in [4.69, 9.17) is 4.74 Å². The van der Waals surface area contributed by atoms with Gasteiger partial charge >= 0.3 is 6.09 Å². The number of amides is 2. The molecule has 0 N–H and O–H groups in total. The second kappa shape index (κ2) is 8.59. The summed E-state index contributed by atoms with van der Waals surface area (Å²) in [6, 6.07) is 0.233. The van der Waals surface area contributed by atoms with Crippen molar-refractivity contribution in [1.29, 1.82) is 0 Å². The maximum absolute atomic E-state index is 12.5. The molecule has 2 amide bonds. The molecular weight excluding hydrogens is 330 g/mol. The number of nitrogens with zero attached hydrogens (tertiary/aromatic N) is 3. The topological polar surface area (TPSA) is 53.1 Å². The van der Waals surface area contributed by atoms with E-state index in [2.05, 4.69) is 18.7 Å². The third-order valence-corrected chi connectivity index (χ3v) is 6.33. The van der Waals surface area contributed by atoms with Gasteiger partial charge in [-0.2, -0.15) is 0 Å². The van der Waals surface area contributed by atoms with Gasteiger partial charge in [0.25, 0.3) is 0 Å². The zero-order valence-electron chi connectivity index (χ0n) is 16.5. The Morgan fingerprint density at radius 1 is 1.19 bits per heavy atom. The number of piperidine rings is 1. The van der Waals surface area contributed by atoms with Crippen molar-refractivity contribution in [3.05, 3.63) is 0 Å². The summed E-state index contributed by atoms with van der Waals surface area (Å²) in [7, 11) is 0. The fourth-order valence-corrected chi connectivity index (χ4v) is 4.60. The molecule has 0 bridgehead atoms. The van der Waals surface area contributed by atoms with Gasteiger partial charge in [0.15, 0.2) is 0 Å². The highest BCUT2D eigenvalue weighted by Gasteiger charge is 2.48. The average molecular weight is 366 g/mol. The molecule has 1 atom stereocenters. The van der Waals surface area contributed by atoms with E-state index < -0.39 is 0 Å². The Labute approximate surface area is 157 Å². The number of hydrogen-bond donors (Lipinski definition) is 0. The molecule has 0 unspecified atom stereocenters. The fourth-order valence-electron chi connectivity index (χ4n) is 4.60. The first-order chi connectivity index (χ1) is 12.5. The number of ether oxygens (including phenoxy) is 1. The summed E-state index contributed by atoms with van der Waals surface area (Å²) in [5, 5.41) is 0. The van der Waals surface area contributed by atoms with Crippen LogP contribution in [0.25, 0.3) is 0 Å². The Morgan fingerprint density at radius 3 is 2.54 bits per heavy atom. The van der Waals surface area contributed by atoms with Crippen molar-refractivity contribution in [2.45, 2.75) is 76.9 Å². The van der Waals surface area contributed by atoms with Crippen LogP contribution in [0.1, 0.15) is 65.2 Å². The summed E-state index contributed by atoms with van der Waals surface area (Å²) in [5.74, 6) is 0.263. The van der Waals surface area contributed by atoms with Crippen LogP contribution in [0.3, 0.4) is 0 Å². The van der Waals surface area contributed by atoms with Gasteiger partial charge in [-0.05, 0) is 52.2 Å². The SMILES string of the molecule is CCC[C@H](C)N1CC2(CCN(C(=O)CCCN3CCCC3)CC2)OC1=O. The molecule has 6 nitrogen and oxygen atoms in total. The van der Waals surface area contributed by atoms with Crippen LogP contribution >= 0.6 is 0 Å². The van der Waals surface area contributed by atoms with E-state index in [1.165, 1.54) is 25.9 Å². The minimum Gasteiger partial charge on any atom is -0.441 e. The summed E-state index contributed by atoms with van der Waals surface area (Å²) >= 11 is 0. The lowest BCUT2D eigenvalue weighted by atomic mass is 9.90. The molecule has 3 saturated heterocycles. The third kappa shape index (κ3) is 4.51. The van der Waals surface area contributed by atoms with E-state index in [9.17, 15) is 9.59 Å². The molecule has 3 aliphatic rings. The lowest BCUT2D eigenvalue weighted by molar-refractivity contribution is -0.134. The molecule has 0 aromatic rings. The van der Waals surface area contributed by atoms with Crippen molar-refractivity contribution >= 4 is 12.0 Å². The molecule has 26 heavy (non-hydrogen) atoms. The molecular formula is C20H35N3O3. The monoisotopic (exact) mass is 365 g/mol. The van der Waals surface area contributed by atoms with Gasteiger partial charge in [-0.25, -0.2) is 4.79 Å². The largest absolute Gasteiger partial charge is 0.441 e. The van der Waals surface area contributed by atoms with Gasteiger partial charge in [0.05, 0.1) is 6.54 Å². The molecule has 0 radical (unpaired) electrons. The first-order valence-electron chi connectivity index (χ1n) is 10.5. The minimum absolute atomic E-state index is 0.170. The highest BCUT2D eigenvalue weighted by molar-refractivity contribution is 5.76. The van der Waals surface area contributed by atoms with Crippen LogP contribution in [-0.2, 0) is 9.53 Å². The van der Waals surface area contributed by atoms with Gasteiger partial charge in [0.1, 0.15) is 5.60 Å². The summed E-state index contributed by atoms with van der Waals surface area (Å²) in [6.45, 7) is 9.79. The molecule has 0 saturated carbocycles. The third-order valence-electron chi connectivity index (χ3n) is 6.33. The van der Waals surface area contributed by atoms with E-state index in [-0.39, 0.29) is 23.6 Å². The molecule has 148 valence electrons. The maximum atomic E-state index is 12.5. The Hall–Kier alpha value is -1.30. The summed E-state index contributed by atoms with van der Waals surface area (Å²) < 4.78 is 5.79. The van der Waals surface area contributed by atoms with Crippen LogP contribution in [0, 0.1) is 0 Å². The molecule has 3 heterocycles. The predicted octanol–water partition coefficient (Wildman–Crippen LogP) is 2.86. The first kappa shape index (κ1) is 19.5. The average Bonchev–Trinajstić information content (AvgIpc) is 3.24. The number of hydrogen-bond acceptors (Lipinski definition) is 4. The van der Waals surface area contributed by atoms with Crippen LogP contribution in [0.4, 0.5) is 4.79 Å².